The van der Waals surface area contributed by atoms with Gasteiger partial charge in [-0.05, 0) is 19.3 Å². The summed E-state index contributed by atoms with van der Waals surface area (Å²) in [5.41, 5.74) is 0. The molecule has 1 aliphatic rings. The third-order valence-electron chi connectivity index (χ3n) is 3.10. The fourth-order valence-electron chi connectivity index (χ4n) is 1.83. The van der Waals surface area contributed by atoms with Gasteiger partial charge in [-0.15, -0.1) is 0 Å². The fourth-order valence-corrected chi connectivity index (χ4v) is 1.83. The Labute approximate surface area is 97.4 Å². The molecule has 0 spiro atoms. The van der Waals surface area contributed by atoms with Gasteiger partial charge in [0.25, 0.3) is 0 Å². The maximum atomic E-state index is 11.5. The molecule has 4 heteroatoms. The minimum atomic E-state index is 0.0831. The van der Waals surface area contributed by atoms with Gasteiger partial charge in [0, 0.05) is 32.5 Å². The molecule has 0 bridgehead atoms. The molecule has 0 aliphatic heterocycles. The van der Waals surface area contributed by atoms with Crippen LogP contribution in [-0.4, -0.2) is 36.3 Å². The highest BCUT2D eigenvalue weighted by Crippen LogP contribution is 2.25. The molecule has 0 aromatic heterocycles. The van der Waals surface area contributed by atoms with Crippen LogP contribution in [-0.2, 0) is 9.59 Å². The number of carbonyl (C=O) groups excluding carboxylic acids is 2. The maximum Gasteiger partial charge on any atom is 0.223 e. The van der Waals surface area contributed by atoms with Crippen LogP contribution in [0.4, 0.5) is 0 Å². The summed E-state index contributed by atoms with van der Waals surface area (Å²) in [6, 6.07) is 0. The highest BCUT2D eigenvalue weighted by atomic mass is 16.2. The molecular weight excluding hydrogens is 204 g/mol. The van der Waals surface area contributed by atoms with E-state index in [2.05, 4.69) is 5.32 Å². The average Bonchev–Trinajstić information content (AvgIpc) is 2.13. The van der Waals surface area contributed by atoms with Gasteiger partial charge in [0.05, 0.1) is 0 Å². The van der Waals surface area contributed by atoms with Crippen LogP contribution in [0.25, 0.3) is 0 Å². The Morgan fingerprint density at radius 2 is 2.00 bits per heavy atom. The van der Waals surface area contributed by atoms with E-state index in [1.165, 1.54) is 6.42 Å². The molecule has 0 aromatic carbocycles. The zero-order valence-electron chi connectivity index (χ0n) is 10.3. The van der Waals surface area contributed by atoms with Crippen molar-refractivity contribution in [3.05, 3.63) is 0 Å². The van der Waals surface area contributed by atoms with Crippen molar-refractivity contribution < 1.29 is 9.59 Å². The van der Waals surface area contributed by atoms with Crippen LogP contribution in [0.3, 0.4) is 0 Å². The minimum Gasteiger partial charge on any atom is -0.354 e. The first-order valence-corrected chi connectivity index (χ1v) is 6.18. The van der Waals surface area contributed by atoms with Crippen LogP contribution in [0.5, 0.6) is 0 Å². The van der Waals surface area contributed by atoms with E-state index >= 15 is 0 Å². The summed E-state index contributed by atoms with van der Waals surface area (Å²) in [6.07, 6.45) is 4.18. The number of hydrogen-bond donors (Lipinski definition) is 1. The first-order valence-electron chi connectivity index (χ1n) is 6.18. The van der Waals surface area contributed by atoms with Crippen molar-refractivity contribution in [2.75, 3.05) is 19.6 Å². The van der Waals surface area contributed by atoms with Crippen LogP contribution in [0.1, 0.15) is 39.5 Å². The molecule has 1 fully saturated rings. The number of amides is 2. The number of rotatable bonds is 6. The zero-order valence-corrected chi connectivity index (χ0v) is 10.3. The summed E-state index contributed by atoms with van der Waals surface area (Å²) < 4.78 is 0. The topological polar surface area (TPSA) is 49.4 Å². The van der Waals surface area contributed by atoms with Gasteiger partial charge in [0.1, 0.15) is 0 Å². The van der Waals surface area contributed by atoms with Gasteiger partial charge < -0.3 is 10.2 Å². The highest BCUT2D eigenvalue weighted by Gasteiger charge is 2.24. The molecular formula is C12H22N2O2. The lowest BCUT2D eigenvalue weighted by Crippen LogP contribution is -2.41. The number of hydrogen-bond acceptors (Lipinski definition) is 2. The van der Waals surface area contributed by atoms with Crippen LogP contribution < -0.4 is 5.32 Å². The summed E-state index contributed by atoms with van der Waals surface area (Å²) in [4.78, 5) is 24.5. The summed E-state index contributed by atoms with van der Waals surface area (Å²) in [6.45, 7) is 5.59. The van der Waals surface area contributed by atoms with E-state index in [1.54, 1.807) is 11.8 Å². The lowest BCUT2D eigenvalue weighted by molar-refractivity contribution is -0.130. The quantitative estimate of drug-likeness (QED) is 0.739. The van der Waals surface area contributed by atoms with E-state index < -0.39 is 0 Å². The van der Waals surface area contributed by atoms with Gasteiger partial charge >= 0.3 is 0 Å². The molecule has 0 heterocycles. The SMILES string of the molecule is CCCN(CCNC(=O)C1CCC1)C(C)=O. The normalized spacial score (nSPS) is 15.4. The van der Waals surface area contributed by atoms with E-state index in [9.17, 15) is 9.59 Å². The standard InChI is InChI=1S/C12H22N2O2/c1-3-8-14(10(2)15)9-7-13-12(16)11-5-4-6-11/h11H,3-9H2,1-2H3,(H,13,16). The molecule has 2 amide bonds. The van der Waals surface area contributed by atoms with Crippen molar-refractivity contribution in [1.82, 2.24) is 10.2 Å². The van der Waals surface area contributed by atoms with Crippen LogP contribution in [0.15, 0.2) is 0 Å². The Morgan fingerprint density at radius 1 is 1.31 bits per heavy atom. The Hall–Kier alpha value is -1.06. The van der Waals surface area contributed by atoms with Crippen molar-refractivity contribution >= 4 is 11.8 Å². The number of nitrogens with one attached hydrogen (secondary N) is 1. The second kappa shape index (κ2) is 6.51. The molecule has 1 rings (SSSR count). The van der Waals surface area contributed by atoms with E-state index in [1.807, 2.05) is 6.92 Å². The lowest BCUT2D eigenvalue weighted by atomic mass is 9.85. The molecule has 0 aromatic rings. The predicted octanol–water partition coefficient (Wildman–Crippen LogP) is 1.16. The fraction of sp³-hybridized carbons (Fsp3) is 0.833. The third-order valence-corrected chi connectivity index (χ3v) is 3.10. The second-order valence-corrected chi connectivity index (χ2v) is 4.42. The van der Waals surface area contributed by atoms with E-state index in [-0.39, 0.29) is 17.7 Å². The largest absolute Gasteiger partial charge is 0.354 e. The van der Waals surface area contributed by atoms with E-state index in [0.29, 0.717) is 13.1 Å². The average molecular weight is 226 g/mol. The van der Waals surface area contributed by atoms with Gasteiger partial charge in [0.2, 0.25) is 11.8 Å². The number of nitrogens with zero attached hydrogens (tertiary/aromatic N) is 1. The van der Waals surface area contributed by atoms with Gasteiger partial charge in [-0.2, -0.15) is 0 Å². The first kappa shape index (κ1) is 13.0. The monoisotopic (exact) mass is 226 g/mol. The van der Waals surface area contributed by atoms with Crippen molar-refractivity contribution in [2.24, 2.45) is 5.92 Å². The summed E-state index contributed by atoms with van der Waals surface area (Å²) >= 11 is 0. The molecule has 0 saturated heterocycles. The molecule has 16 heavy (non-hydrogen) atoms. The molecule has 0 atom stereocenters. The molecule has 1 aliphatic carbocycles. The molecule has 92 valence electrons. The van der Waals surface area contributed by atoms with Crippen LogP contribution in [0, 0.1) is 5.92 Å². The van der Waals surface area contributed by atoms with Gasteiger partial charge in [0.15, 0.2) is 0 Å². The molecule has 1 saturated carbocycles. The molecule has 4 nitrogen and oxygen atoms in total. The maximum absolute atomic E-state index is 11.5. The summed E-state index contributed by atoms with van der Waals surface area (Å²) in [5, 5.41) is 2.90. The third kappa shape index (κ3) is 3.83. The zero-order chi connectivity index (χ0) is 12.0. The Balaban J connectivity index is 2.16. The van der Waals surface area contributed by atoms with Crippen molar-refractivity contribution in [1.29, 1.82) is 0 Å². The summed E-state index contributed by atoms with van der Waals surface area (Å²) in [7, 11) is 0. The Morgan fingerprint density at radius 3 is 2.44 bits per heavy atom. The molecule has 1 N–H and O–H groups in total. The van der Waals surface area contributed by atoms with E-state index in [4.69, 9.17) is 0 Å². The van der Waals surface area contributed by atoms with Crippen molar-refractivity contribution in [3.8, 4) is 0 Å². The lowest BCUT2D eigenvalue weighted by Gasteiger charge is -2.25. The first-order chi connectivity index (χ1) is 7.65. The Kier molecular flexibility index (Phi) is 5.29. The molecule has 0 unspecified atom stereocenters. The molecule has 0 radical (unpaired) electrons. The van der Waals surface area contributed by atoms with Crippen LogP contribution >= 0.6 is 0 Å². The van der Waals surface area contributed by atoms with Gasteiger partial charge in [-0.3, -0.25) is 9.59 Å². The Bertz CT molecular complexity index is 249. The van der Waals surface area contributed by atoms with Gasteiger partial charge in [-0.1, -0.05) is 13.3 Å². The van der Waals surface area contributed by atoms with E-state index in [0.717, 1.165) is 25.8 Å². The van der Waals surface area contributed by atoms with Crippen molar-refractivity contribution in [3.63, 3.8) is 0 Å². The summed E-state index contributed by atoms with van der Waals surface area (Å²) in [5.74, 6) is 0.475. The second-order valence-electron chi connectivity index (χ2n) is 4.42. The minimum absolute atomic E-state index is 0.0831. The van der Waals surface area contributed by atoms with Crippen molar-refractivity contribution in [2.45, 2.75) is 39.5 Å². The predicted molar refractivity (Wildman–Crippen MR) is 62.9 cm³/mol. The van der Waals surface area contributed by atoms with Gasteiger partial charge in [-0.25, -0.2) is 0 Å². The smallest absolute Gasteiger partial charge is 0.223 e. The number of carbonyl (C=O) groups is 2. The van der Waals surface area contributed by atoms with Crippen LogP contribution in [0.2, 0.25) is 0 Å². The highest BCUT2D eigenvalue weighted by molar-refractivity contribution is 5.79.